The number of H-pyrrole nitrogens is 1. The molecular weight excluding hydrogens is 124 g/mol. The van der Waals surface area contributed by atoms with E-state index < -0.39 is 0 Å². The lowest BCUT2D eigenvalue weighted by Gasteiger charge is -2.15. The third-order valence-electron chi connectivity index (χ3n) is 1.88. The lowest BCUT2D eigenvalue weighted by molar-refractivity contribution is 0.679. The molecule has 52 valence electrons. The van der Waals surface area contributed by atoms with E-state index in [0.29, 0.717) is 6.04 Å². The van der Waals surface area contributed by atoms with Gasteiger partial charge in [-0.15, -0.1) is 0 Å². The van der Waals surface area contributed by atoms with Crippen molar-refractivity contribution in [3.63, 3.8) is 0 Å². The van der Waals surface area contributed by atoms with Gasteiger partial charge in [-0.05, 0) is 30.8 Å². The Morgan fingerprint density at radius 2 is 2.40 bits per heavy atom. The standard InChI is InChI=1S/C8H10N2/c1-6-7-2-4-10-8(7)3-5-9-6/h2-6,9-10H,1H3. The summed E-state index contributed by atoms with van der Waals surface area (Å²) >= 11 is 0. The predicted octanol–water partition coefficient (Wildman–Crippen LogP) is 1.65. The first kappa shape index (κ1) is 5.59. The van der Waals surface area contributed by atoms with Gasteiger partial charge in [0.2, 0.25) is 0 Å². The van der Waals surface area contributed by atoms with Gasteiger partial charge < -0.3 is 10.3 Å². The van der Waals surface area contributed by atoms with E-state index in [2.05, 4.69) is 29.4 Å². The minimum absolute atomic E-state index is 0.450. The van der Waals surface area contributed by atoms with Crippen molar-refractivity contribution >= 4 is 6.08 Å². The first-order chi connectivity index (χ1) is 4.88. The van der Waals surface area contributed by atoms with Gasteiger partial charge in [0.15, 0.2) is 0 Å². The molecule has 2 nitrogen and oxygen atoms in total. The van der Waals surface area contributed by atoms with E-state index in [1.165, 1.54) is 11.3 Å². The maximum atomic E-state index is 3.22. The minimum atomic E-state index is 0.450. The van der Waals surface area contributed by atoms with Crippen molar-refractivity contribution in [1.29, 1.82) is 0 Å². The Labute approximate surface area is 60.0 Å². The molecule has 10 heavy (non-hydrogen) atoms. The highest BCUT2D eigenvalue weighted by Crippen LogP contribution is 2.20. The van der Waals surface area contributed by atoms with Gasteiger partial charge in [-0.3, -0.25) is 0 Å². The van der Waals surface area contributed by atoms with Crippen LogP contribution in [0.2, 0.25) is 0 Å². The summed E-state index contributed by atoms with van der Waals surface area (Å²) in [6.07, 6.45) is 6.00. The normalized spacial score (nSPS) is 21.9. The second-order valence-corrected chi connectivity index (χ2v) is 2.57. The Bertz CT molecular complexity index is 260. The maximum Gasteiger partial charge on any atom is 0.0501 e. The molecule has 0 saturated heterocycles. The number of nitrogens with one attached hydrogen (secondary N) is 2. The number of hydrogen-bond donors (Lipinski definition) is 2. The molecule has 1 unspecified atom stereocenters. The average molecular weight is 134 g/mol. The van der Waals surface area contributed by atoms with Gasteiger partial charge in [-0.2, -0.15) is 0 Å². The Morgan fingerprint density at radius 1 is 1.50 bits per heavy atom. The zero-order valence-corrected chi connectivity index (χ0v) is 5.89. The van der Waals surface area contributed by atoms with Crippen molar-refractivity contribution in [1.82, 2.24) is 10.3 Å². The summed E-state index contributed by atoms with van der Waals surface area (Å²) in [5.41, 5.74) is 2.58. The summed E-state index contributed by atoms with van der Waals surface area (Å²) < 4.78 is 0. The van der Waals surface area contributed by atoms with Crippen LogP contribution in [-0.2, 0) is 0 Å². The molecule has 0 aliphatic carbocycles. The van der Waals surface area contributed by atoms with E-state index >= 15 is 0 Å². The zero-order chi connectivity index (χ0) is 6.97. The fraction of sp³-hybridized carbons (Fsp3) is 0.250. The van der Waals surface area contributed by atoms with Crippen molar-refractivity contribution in [2.45, 2.75) is 13.0 Å². The molecule has 1 atom stereocenters. The summed E-state index contributed by atoms with van der Waals surface area (Å²) in [6, 6.07) is 2.56. The Hall–Kier alpha value is -1.18. The topological polar surface area (TPSA) is 27.8 Å². The molecule has 0 saturated carbocycles. The summed E-state index contributed by atoms with van der Waals surface area (Å²) in [4.78, 5) is 3.16. The van der Waals surface area contributed by atoms with Crippen molar-refractivity contribution in [3.05, 3.63) is 29.7 Å². The van der Waals surface area contributed by atoms with Crippen LogP contribution in [0.3, 0.4) is 0 Å². The van der Waals surface area contributed by atoms with Crippen molar-refractivity contribution in [2.24, 2.45) is 0 Å². The Morgan fingerprint density at radius 3 is 3.20 bits per heavy atom. The van der Waals surface area contributed by atoms with Gasteiger partial charge in [0.25, 0.3) is 0 Å². The van der Waals surface area contributed by atoms with Crippen LogP contribution < -0.4 is 5.32 Å². The summed E-state index contributed by atoms with van der Waals surface area (Å²) in [6.45, 7) is 2.15. The van der Waals surface area contributed by atoms with E-state index in [-0.39, 0.29) is 0 Å². The second kappa shape index (κ2) is 1.90. The third kappa shape index (κ3) is 0.652. The fourth-order valence-corrected chi connectivity index (χ4v) is 1.28. The van der Waals surface area contributed by atoms with Crippen molar-refractivity contribution in [2.75, 3.05) is 0 Å². The molecule has 2 rings (SSSR count). The quantitative estimate of drug-likeness (QED) is 0.554. The first-order valence-corrected chi connectivity index (χ1v) is 3.48. The van der Waals surface area contributed by atoms with Gasteiger partial charge in [0.1, 0.15) is 0 Å². The first-order valence-electron chi connectivity index (χ1n) is 3.48. The highest BCUT2D eigenvalue weighted by atomic mass is 14.9. The van der Waals surface area contributed by atoms with E-state index in [1.807, 2.05) is 12.4 Å². The number of hydrogen-bond acceptors (Lipinski definition) is 1. The summed E-state index contributed by atoms with van der Waals surface area (Å²) in [5.74, 6) is 0. The molecule has 2 heterocycles. The van der Waals surface area contributed by atoms with Crippen LogP contribution in [-0.4, -0.2) is 4.98 Å². The molecule has 0 fully saturated rings. The van der Waals surface area contributed by atoms with Crippen LogP contribution in [0.25, 0.3) is 6.08 Å². The number of rotatable bonds is 0. The van der Waals surface area contributed by atoms with Gasteiger partial charge in [-0.1, -0.05) is 0 Å². The Kier molecular flexibility index (Phi) is 1.07. The second-order valence-electron chi connectivity index (χ2n) is 2.57. The summed E-state index contributed by atoms with van der Waals surface area (Å²) in [7, 11) is 0. The van der Waals surface area contributed by atoms with E-state index in [9.17, 15) is 0 Å². The average Bonchev–Trinajstić information content (AvgIpc) is 2.36. The van der Waals surface area contributed by atoms with Crippen molar-refractivity contribution in [3.8, 4) is 0 Å². The molecule has 0 spiro atoms. The molecule has 1 aliphatic rings. The molecule has 1 aliphatic heterocycles. The van der Waals surface area contributed by atoms with Crippen molar-refractivity contribution < 1.29 is 0 Å². The molecule has 0 radical (unpaired) electrons. The van der Waals surface area contributed by atoms with Crippen LogP contribution >= 0.6 is 0 Å². The fourth-order valence-electron chi connectivity index (χ4n) is 1.28. The molecule has 0 aromatic carbocycles. The van der Waals surface area contributed by atoms with E-state index in [1.54, 1.807) is 0 Å². The van der Waals surface area contributed by atoms with Gasteiger partial charge in [-0.25, -0.2) is 0 Å². The van der Waals surface area contributed by atoms with Gasteiger partial charge in [0.05, 0.1) is 6.04 Å². The highest BCUT2D eigenvalue weighted by Gasteiger charge is 2.10. The van der Waals surface area contributed by atoms with E-state index in [0.717, 1.165) is 0 Å². The van der Waals surface area contributed by atoms with Crippen LogP contribution in [0.15, 0.2) is 18.5 Å². The van der Waals surface area contributed by atoms with Crippen LogP contribution in [0.5, 0.6) is 0 Å². The smallest absolute Gasteiger partial charge is 0.0501 e. The van der Waals surface area contributed by atoms with Crippen LogP contribution in [0.1, 0.15) is 24.2 Å². The Balaban J connectivity index is 2.52. The largest absolute Gasteiger partial charge is 0.384 e. The molecule has 0 amide bonds. The number of aromatic nitrogens is 1. The van der Waals surface area contributed by atoms with E-state index in [4.69, 9.17) is 0 Å². The highest BCUT2D eigenvalue weighted by molar-refractivity contribution is 5.52. The lowest BCUT2D eigenvalue weighted by Crippen LogP contribution is -2.14. The lowest BCUT2D eigenvalue weighted by atomic mass is 10.1. The van der Waals surface area contributed by atoms with Gasteiger partial charge >= 0.3 is 0 Å². The van der Waals surface area contributed by atoms with Crippen LogP contribution in [0, 0.1) is 0 Å². The number of fused-ring (bicyclic) bond motifs is 1. The molecule has 2 N–H and O–H groups in total. The zero-order valence-electron chi connectivity index (χ0n) is 5.89. The number of aromatic amines is 1. The molecule has 1 aromatic rings. The minimum Gasteiger partial charge on any atom is -0.384 e. The van der Waals surface area contributed by atoms with Crippen LogP contribution in [0.4, 0.5) is 0 Å². The molecule has 2 heteroatoms. The maximum absolute atomic E-state index is 3.22. The SMILES string of the molecule is CC1NC=Cc2[nH]ccc21. The summed E-state index contributed by atoms with van der Waals surface area (Å²) in [5, 5.41) is 3.22. The van der Waals surface area contributed by atoms with Gasteiger partial charge in [0, 0.05) is 11.9 Å². The molecule has 0 bridgehead atoms. The third-order valence-corrected chi connectivity index (χ3v) is 1.88. The monoisotopic (exact) mass is 134 g/mol. The predicted molar refractivity (Wildman–Crippen MR) is 41.4 cm³/mol. The molecular formula is C8H10N2. The molecule has 1 aromatic heterocycles.